The van der Waals surface area contributed by atoms with Crippen molar-refractivity contribution in [3.8, 4) is 0 Å². The standard InChI is InChI=1S/C16H18N6O2/c1-11(23)20-12-3-5-13(6-4-12)21-15-14-16(18-9-17-15)22(10-19-14)7-8-24-2/h3-6,9-10H,7-8H2,1-2H3,(H,20,23)(H,17,18,21). The summed E-state index contributed by atoms with van der Waals surface area (Å²) in [6, 6.07) is 7.36. The van der Waals surface area contributed by atoms with Crippen molar-refractivity contribution in [2.45, 2.75) is 13.5 Å². The molecule has 2 heterocycles. The molecule has 8 heteroatoms. The van der Waals surface area contributed by atoms with Crippen LogP contribution in [0.1, 0.15) is 6.92 Å². The molecular weight excluding hydrogens is 308 g/mol. The number of fused-ring (bicyclic) bond motifs is 1. The lowest BCUT2D eigenvalue weighted by molar-refractivity contribution is -0.114. The predicted molar refractivity (Wildman–Crippen MR) is 91.2 cm³/mol. The summed E-state index contributed by atoms with van der Waals surface area (Å²) in [5.74, 6) is 0.526. The van der Waals surface area contributed by atoms with Gasteiger partial charge in [-0.15, -0.1) is 0 Å². The largest absolute Gasteiger partial charge is 0.383 e. The molecule has 1 amide bonds. The van der Waals surface area contributed by atoms with Gasteiger partial charge in [0.25, 0.3) is 0 Å². The highest BCUT2D eigenvalue weighted by Gasteiger charge is 2.10. The fraction of sp³-hybridized carbons (Fsp3) is 0.250. The number of carbonyl (C=O) groups is 1. The van der Waals surface area contributed by atoms with E-state index in [1.54, 1.807) is 13.4 Å². The zero-order valence-electron chi connectivity index (χ0n) is 13.5. The summed E-state index contributed by atoms with van der Waals surface area (Å²) >= 11 is 0. The number of anilines is 3. The Labute approximate surface area is 138 Å². The van der Waals surface area contributed by atoms with Crippen molar-refractivity contribution in [1.82, 2.24) is 19.5 Å². The average Bonchev–Trinajstić information content (AvgIpc) is 2.98. The minimum atomic E-state index is -0.102. The van der Waals surface area contributed by atoms with Gasteiger partial charge in [0.2, 0.25) is 5.91 Å². The highest BCUT2D eigenvalue weighted by Crippen LogP contribution is 2.22. The monoisotopic (exact) mass is 326 g/mol. The van der Waals surface area contributed by atoms with Crippen LogP contribution in [0.15, 0.2) is 36.9 Å². The molecule has 0 radical (unpaired) electrons. The molecule has 0 fully saturated rings. The number of imidazole rings is 1. The number of ether oxygens (including phenoxy) is 1. The molecule has 0 aliphatic rings. The molecule has 124 valence electrons. The lowest BCUT2D eigenvalue weighted by atomic mass is 10.2. The van der Waals surface area contributed by atoms with Crippen molar-refractivity contribution in [2.24, 2.45) is 0 Å². The molecule has 0 saturated carbocycles. The smallest absolute Gasteiger partial charge is 0.221 e. The van der Waals surface area contributed by atoms with Gasteiger partial charge in [0.15, 0.2) is 17.0 Å². The van der Waals surface area contributed by atoms with Crippen LogP contribution in [0.4, 0.5) is 17.2 Å². The van der Waals surface area contributed by atoms with Crippen molar-refractivity contribution in [3.63, 3.8) is 0 Å². The molecule has 0 unspecified atom stereocenters. The van der Waals surface area contributed by atoms with Crippen LogP contribution in [0, 0.1) is 0 Å². The minimum absolute atomic E-state index is 0.102. The van der Waals surface area contributed by atoms with Crippen LogP contribution >= 0.6 is 0 Å². The number of nitrogens with zero attached hydrogens (tertiary/aromatic N) is 4. The van der Waals surface area contributed by atoms with E-state index in [-0.39, 0.29) is 5.91 Å². The van der Waals surface area contributed by atoms with Crippen molar-refractivity contribution < 1.29 is 9.53 Å². The van der Waals surface area contributed by atoms with E-state index in [0.717, 1.165) is 17.0 Å². The zero-order chi connectivity index (χ0) is 16.9. The summed E-state index contributed by atoms with van der Waals surface area (Å²) in [5, 5.41) is 5.95. The Kier molecular flexibility index (Phi) is 4.66. The highest BCUT2D eigenvalue weighted by molar-refractivity contribution is 5.89. The van der Waals surface area contributed by atoms with Crippen LogP contribution < -0.4 is 10.6 Å². The molecule has 0 spiro atoms. The fourth-order valence-corrected chi connectivity index (χ4v) is 2.30. The second-order valence-electron chi connectivity index (χ2n) is 5.21. The van der Waals surface area contributed by atoms with Gasteiger partial charge in [0.1, 0.15) is 6.33 Å². The first-order chi connectivity index (χ1) is 11.7. The van der Waals surface area contributed by atoms with E-state index in [0.29, 0.717) is 24.5 Å². The number of aromatic nitrogens is 4. The number of rotatable bonds is 6. The maximum atomic E-state index is 11.0. The van der Waals surface area contributed by atoms with Crippen LogP contribution in [0.25, 0.3) is 11.2 Å². The molecule has 0 aliphatic carbocycles. The van der Waals surface area contributed by atoms with E-state index >= 15 is 0 Å². The second kappa shape index (κ2) is 7.05. The molecule has 0 atom stereocenters. The van der Waals surface area contributed by atoms with Gasteiger partial charge in [-0.3, -0.25) is 4.79 Å². The summed E-state index contributed by atoms with van der Waals surface area (Å²) in [7, 11) is 1.66. The van der Waals surface area contributed by atoms with Gasteiger partial charge in [-0.2, -0.15) is 0 Å². The number of amides is 1. The van der Waals surface area contributed by atoms with Crippen molar-refractivity contribution in [1.29, 1.82) is 0 Å². The van der Waals surface area contributed by atoms with Crippen LogP contribution in [-0.2, 0) is 16.1 Å². The zero-order valence-corrected chi connectivity index (χ0v) is 13.5. The molecule has 3 rings (SSSR count). The lowest BCUT2D eigenvalue weighted by Gasteiger charge is -2.08. The van der Waals surface area contributed by atoms with Gasteiger partial charge in [-0.1, -0.05) is 0 Å². The van der Waals surface area contributed by atoms with Gasteiger partial charge < -0.3 is 19.9 Å². The van der Waals surface area contributed by atoms with Gasteiger partial charge in [0, 0.05) is 32.0 Å². The number of hydrogen-bond donors (Lipinski definition) is 2. The Morgan fingerprint density at radius 1 is 1.17 bits per heavy atom. The van der Waals surface area contributed by atoms with E-state index in [1.165, 1.54) is 13.3 Å². The Balaban J connectivity index is 1.82. The van der Waals surface area contributed by atoms with Gasteiger partial charge >= 0.3 is 0 Å². The second-order valence-corrected chi connectivity index (χ2v) is 5.21. The Hall–Kier alpha value is -3.00. The normalized spacial score (nSPS) is 10.8. The first kappa shape index (κ1) is 15.9. The van der Waals surface area contributed by atoms with E-state index in [9.17, 15) is 4.79 Å². The molecule has 0 saturated heterocycles. The van der Waals surface area contributed by atoms with Crippen molar-refractivity contribution >= 4 is 34.3 Å². The SMILES string of the molecule is COCCn1cnc2c(Nc3ccc(NC(C)=O)cc3)ncnc21. The topological polar surface area (TPSA) is 94.0 Å². The molecule has 1 aromatic carbocycles. The van der Waals surface area contributed by atoms with Crippen LogP contribution in [-0.4, -0.2) is 39.1 Å². The van der Waals surface area contributed by atoms with Crippen molar-refractivity contribution in [3.05, 3.63) is 36.9 Å². The number of hydrogen-bond acceptors (Lipinski definition) is 6. The summed E-state index contributed by atoms with van der Waals surface area (Å²) in [5.41, 5.74) is 3.03. The van der Waals surface area contributed by atoms with E-state index in [2.05, 4.69) is 25.6 Å². The minimum Gasteiger partial charge on any atom is -0.383 e. The van der Waals surface area contributed by atoms with Crippen LogP contribution in [0.3, 0.4) is 0 Å². The molecule has 8 nitrogen and oxygen atoms in total. The summed E-state index contributed by atoms with van der Waals surface area (Å²) < 4.78 is 7.01. The Bertz CT molecular complexity index is 843. The average molecular weight is 326 g/mol. The quantitative estimate of drug-likeness (QED) is 0.721. The molecule has 0 bridgehead atoms. The molecule has 2 N–H and O–H groups in total. The third kappa shape index (κ3) is 3.49. The number of benzene rings is 1. The van der Waals surface area contributed by atoms with Crippen LogP contribution in [0.5, 0.6) is 0 Å². The van der Waals surface area contributed by atoms with Gasteiger partial charge in [-0.25, -0.2) is 15.0 Å². The summed E-state index contributed by atoms with van der Waals surface area (Å²) in [6.45, 7) is 2.74. The van der Waals surface area contributed by atoms with E-state index in [4.69, 9.17) is 4.74 Å². The maximum Gasteiger partial charge on any atom is 0.221 e. The molecular formula is C16H18N6O2. The number of methoxy groups -OCH3 is 1. The first-order valence-electron chi connectivity index (χ1n) is 7.47. The Morgan fingerprint density at radius 3 is 2.62 bits per heavy atom. The third-order valence-electron chi connectivity index (χ3n) is 3.41. The Morgan fingerprint density at radius 2 is 1.92 bits per heavy atom. The fourth-order valence-electron chi connectivity index (χ4n) is 2.30. The summed E-state index contributed by atoms with van der Waals surface area (Å²) in [4.78, 5) is 24.0. The predicted octanol–water partition coefficient (Wildman–Crippen LogP) is 2.17. The highest BCUT2D eigenvalue weighted by atomic mass is 16.5. The lowest BCUT2D eigenvalue weighted by Crippen LogP contribution is -2.05. The molecule has 2 aromatic heterocycles. The first-order valence-corrected chi connectivity index (χ1v) is 7.47. The maximum absolute atomic E-state index is 11.0. The van der Waals surface area contributed by atoms with Gasteiger partial charge in [0.05, 0.1) is 12.9 Å². The van der Waals surface area contributed by atoms with E-state index < -0.39 is 0 Å². The van der Waals surface area contributed by atoms with Gasteiger partial charge in [-0.05, 0) is 24.3 Å². The number of nitrogens with one attached hydrogen (secondary N) is 2. The van der Waals surface area contributed by atoms with Crippen molar-refractivity contribution in [2.75, 3.05) is 24.4 Å². The number of carbonyl (C=O) groups excluding carboxylic acids is 1. The molecule has 3 aromatic rings. The third-order valence-corrected chi connectivity index (χ3v) is 3.41. The molecule has 24 heavy (non-hydrogen) atoms. The van der Waals surface area contributed by atoms with Crippen LogP contribution in [0.2, 0.25) is 0 Å². The van der Waals surface area contributed by atoms with E-state index in [1.807, 2.05) is 28.8 Å². The molecule has 0 aliphatic heterocycles. The summed E-state index contributed by atoms with van der Waals surface area (Å²) in [6.07, 6.45) is 3.23.